The van der Waals surface area contributed by atoms with Crippen LogP contribution in [0.2, 0.25) is 0 Å². The molecule has 0 rings (SSSR count). The number of hydrogen-bond acceptors (Lipinski definition) is 2. The molecule has 3 N–H and O–H groups in total. The van der Waals surface area contributed by atoms with Crippen LogP contribution in [0.5, 0.6) is 0 Å². The Kier molecular flexibility index (Phi) is 17.9. The molecule has 3 heteroatoms. The van der Waals surface area contributed by atoms with Crippen molar-refractivity contribution in [1.29, 1.82) is 0 Å². The van der Waals surface area contributed by atoms with Gasteiger partial charge in [0.2, 0.25) is 5.91 Å². The summed E-state index contributed by atoms with van der Waals surface area (Å²) in [7, 11) is 0. The van der Waals surface area contributed by atoms with E-state index >= 15 is 0 Å². The van der Waals surface area contributed by atoms with Crippen LogP contribution < -0.4 is 11.1 Å². The standard InChI is InChI=1S/C26H54N2O/c1-6-9-11-13-14-15-16-17-18-20-23(22-26(4,5)27)24(8-3)28-25(29)21-19-12-10-7-2/h23-24H,6-22,27H2,1-5H3,(H,28,29). The van der Waals surface area contributed by atoms with E-state index in [0.29, 0.717) is 12.3 Å². The van der Waals surface area contributed by atoms with Crippen LogP contribution in [-0.2, 0) is 4.79 Å². The van der Waals surface area contributed by atoms with Crippen LogP contribution in [0.25, 0.3) is 0 Å². The van der Waals surface area contributed by atoms with Gasteiger partial charge in [0.15, 0.2) is 0 Å². The molecule has 3 nitrogen and oxygen atoms in total. The van der Waals surface area contributed by atoms with Gasteiger partial charge in [-0.1, -0.05) is 97.8 Å². The van der Waals surface area contributed by atoms with Crippen LogP contribution in [0.1, 0.15) is 144 Å². The van der Waals surface area contributed by atoms with Crippen molar-refractivity contribution < 1.29 is 4.79 Å². The molecule has 2 unspecified atom stereocenters. The van der Waals surface area contributed by atoms with Crippen LogP contribution >= 0.6 is 0 Å². The Morgan fingerprint density at radius 2 is 1.28 bits per heavy atom. The molecule has 1 amide bonds. The van der Waals surface area contributed by atoms with Crippen LogP contribution in [0.4, 0.5) is 0 Å². The van der Waals surface area contributed by atoms with Gasteiger partial charge < -0.3 is 11.1 Å². The van der Waals surface area contributed by atoms with E-state index in [1.807, 2.05) is 0 Å². The number of hydrogen-bond donors (Lipinski definition) is 2. The molecule has 0 aliphatic rings. The van der Waals surface area contributed by atoms with E-state index < -0.39 is 0 Å². The summed E-state index contributed by atoms with van der Waals surface area (Å²) in [5.41, 5.74) is 6.19. The summed E-state index contributed by atoms with van der Waals surface area (Å²) >= 11 is 0. The van der Waals surface area contributed by atoms with Gasteiger partial charge in [0.05, 0.1) is 0 Å². The maximum absolute atomic E-state index is 12.4. The second-order valence-corrected chi connectivity index (χ2v) is 9.96. The van der Waals surface area contributed by atoms with Gasteiger partial charge in [-0.05, 0) is 45.4 Å². The molecule has 0 aliphatic carbocycles. The molecule has 0 aromatic carbocycles. The van der Waals surface area contributed by atoms with Crippen molar-refractivity contribution in [3.63, 3.8) is 0 Å². The highest BCUT2D eigenvalue weighted by atomic mass is 16.1. The molecule has 0 saturated carbocycles. The summed E-state index contributed by atoms with van der Waals surface area (Å²) in [5.74, 6) is 0.726. The van der Waals surface area contributed by atoms with E-state index in [-0.39, 0.29) is 17.5 Å². The van der Waals surface area contributed by atoms with E-state index in [9.17, 15) is 4.79 Å². The molecule has 174 valence electrons. The third kappa shape index (κ3) is 18.0. The lowest BCUT2D eigenvalue weighted by atomic mass is 9.82. The van der Waals surface area contributed by atoms with E-state index in [2.05, 4.69) is 39.9 Å². The van der Waals surface area contributed by atoms with Gasteiger partial charge in [-0.15, -0.1) is 0 Å². The lowest BCUT2D eigenvalue weighted by molar-refractivity contribution is -0.122. The smallest absolute Gasteiger partial charge is 0.220 e. The Labute approximate surface area is 183 Å². The highest BCUT2D eigenvalue weighted by Crippen LogP contribution is 2.26. The highest BCUT2D eigenvalue weighted by Gasteiger charge is 2.26. The molecule has 0 aromatic rings. The van der Waals surface area contributed by atoms with Crippen molar-refractivity contribution in [3.8, 4) is 0 Å². The molecule has 0 aromatic heterocycles. The minimum atomic E-state index is -0.177. The molecule has 0 radical (unpaired) electrons. The van der Waals surface area contributed by atoms with Gasteiger partial charge in [-0.3, -0.25) is 4.79 Å². The molecule has 29 heavy (non-hydrogen) atoms. The number of carbonyl (C=O) groups is 1. The molecule has 0 saturated heterocycles. The topological polar surface area (TPSA) is 55.1 Å². The van der Waals surface area contributed by atoms with Crippen molar-refractivity contribution >= 4 is 5.91 Å². The van der Waals surface area contributed by atoms with Gasteiger partial charge >= 0.3 is 0 Å². The van der Waals surface area contributed by atoms with Crippen LogP contribution in [0.3, 0.4) is 0 Å². The van der Waals surface area contributed by atoms with Crippen molar-refractivity contribution in [1.82, 2.24) is 5.32 Å². The fraction of sp³-hybridized carbons (Fsp3) is 0.962. The van der Waals surface area contributed by atoms with Gasteiger partial charge in [0, 0.05) is 18.0 Å². The fourth-order valence-electron chi connectivity index (χ4n) is 4.38. The van der Waals surface area contributed by atoms with E-state index in [4.69, 9.17) is 5.73 Å². The summed E-state index contributed by atoms with van der Waals surface area (Å²) in [6, 6.07) is 0.269. The number of amides is 1. The summed E-state index contributed by atoms with van der Waals surface area (Å²) in [4.78, 5) is 12.4. The number of carbonyl (C=O) groups excluding carboxylic acids is 1. The largest absolute Gasteiger partial charge is 0.353 e. The minimum absolute atomic E-state index is 0.177. The van der Waals surface area contributed by atoms with Gasteiger partial charge in [0.1, 0.15) is 0 Å². The maximum Gasteiger partial charge on any atom is 0.220 e. The molecule has 2 atom stereocenters. The SMILES string of the molecule is CCCCCCCCCCCC(CC(C)(C)N)C(CC)NC(=O)CCCCCC. The maximum atomic E-state index is 12.4. The second-order valence-electron chi connectivity index (χ2n) is 9.96. The lowest BCUT2D eigenvalue weighted by Crippen LogP contribution is -2.44. The van der Waals surface area contributed by atoms with Crippen LogP contribution in [0, 0.1) is 5.92 Å². The van der Waals surface area contributed by atoms with Crippen molar-refractivity contribution in [2.75, 3.05) is 0 Å². The van der Waals surface area contributed by atoms with Gasteiger partial charge in [-0.25, -0.2) is 0 Å². The first-order chi connectivity index (χ1) is 13.8. The highest BCUT2D eigenvalue weighted by molar-refractivity contribution is 5.76. The predicted octanol–water partition coefficient (Wildman–Crippen LogP) is 7.52. The Morgan fingerprint density at radius 3 is 1.76 bits per heavy atom. The molecular weight excluding hydrogens is 356 g/mol. The zero-order valence-corrected chi connectivity index (χ0v) is 20.7. The average Bonchev–Trinajstić information content (AvgIpc) is 2.66. The molecule has 0 aliphatic heterocycles. The zero-order valence-electron chi connectivity index (χ0n) is 20.7. The quantitative estimate of drug-likeness (QED) is 0.204. The molecule has 0 heterocycles. The molecule has 0 fully saturated rings. The minimum Gasteiger partial charge on any atom is -0.353 e. The Bertz CT molecular complexity index is 375. The van der Waals surface area contributed by atoms with Crippen molar-refractivity contribution in [2.45, 2.75) is 155 Å². The summed E-state index contributed by atoms with van der Waals surface area (Å²) in [6.07, 6.45) is 20.7. The third-order valence-corrected chi connectivity index (χ3v) is 6.08. The lowest BCUT2D eigenvalue weighted by Gasteiger charge is -2.32. The zero-order chi connectivity index (χ0) is 22.0. The first kappa shape index (κ1) is 28.4. The number of nitrogens with one attached hydrogen (secondary N) is 1. The molecule has 0 spiro atoms. The fourth-order valence-corrected chi connectivity index (χ4v) is 4.38. The van der Waals surface area contributed by atoms with E-state index in [1.165, 1.54) is 83.5 Å². The van der Waals surface area contributed by atoms with Gasteiger partial charge in [-0.2, -0.15) is 0 Å². The average molecular weight is 411 g/mol. The summed E-state index contributed by atoms with van der Waals surface area (Å²) in [5, 5.41) is 3.35. The Morgan fingerprint density at radius 1 is 0.793 bits per heavy atom. The normalized spacial score (nSPS) is 14.0. The monoisotopic (exact) mass is 410 g/mol. The number of nitrogens with two attached hydrogens (primary N) is 1. The van der Waals surface area contributed by atoms with Crippen molar-refractivity contribution in [3.05, 3.63) is 0 Å². The Hall–Kier alpha value is -0.570. The second kappa shape index (κ2) is 18.2. The first-order valence-electron chi connectivity index (χ1n) is 12.9. The van der Waals surface area contributed by atoms with E-state index in [0.717, 1.165) is 19.3 Å². The summed E-state index contributed by atoms with van der Waals surface area (Å²) in [6.45, 7) is 10.9. The van der Waals surface area contributed by atoms with Crippen LogP contribution in [0.15, 0.2) is 0 Å². The van der Waals surface area contributed by atoms with Gasteiger partial charge in [0.25, 0.3) is 0 Å². The first-order valence-corrected chi connectivity index (χ1v) is 12.9. The molecular formula is C26H54N2O. The number of unbranched alkanes of at least 4 members (excludes halogenated alkanes) is 11. The summed E-state index contributed by atoms with van der Waals surface area (Å²) < 4.78 is 0. The molecule has 0 bridgehead atoms. The third-order valence-electron chi connectivity index (χ3n) is 6.08. The van der Waals surface area contributed by atoms with Crippen LogP contribution in [-0.4, -0.2) is 17.5 Å². The Balaban J connectivity index is 4.33. The predicted molar refractivity (Wildman–Crippen MR) is 129 cm³/mol. The van der Waals surface area contributed by atoms with E-state index in [1.54, 1.807) is 0 Å². The van der Waals surface area contributed by atoms with Crippen molar-refractivity contribution in [2.24, 2.45) is 11.7 Å². The number of rotatable bonds is 20.